The van der Waals surface area contributed by atoms with E-state index in [1.165, 1.54) is 30.5 Å². The molecule has 2 N–H and O–H groups in total. The van der Waals surface area contributed by atoms with Crippen molar-refractivity contribution in [3.63, 3.8) is 0 Å². The Bertz CT molecular complexity index is 399. The van der Waals surface area contributed by atoms with Crippen LogP contribution < -0.4 is 15.4 Å². The summed E-state index contributed by atoms with van der Waals surface area (Å²) in [5.74, 6) is 1.09. The van der Waals surface area contributed by atoms with E-state index in [9.17, 15) is 0 Å². The molecule has 3 heteroatoms. The highest BCUT2D eigenvalue weighted by atomic mass is 16.5. The van der Waals surface area contributed by atoms with Crippen molar-refractivity contribution >= 4 is 0 Å². The second-order valence-electron chi connectivity index (χ2n) is 5.29. The molecule has 0 saturated carbocycles. The van der Waals surface area contributed by atoms with E-state index in [0.29, 0.717) is 6.04 Å². The zero-order chi connectivity index (χ0) is 12.2. The van der Waals surface area contributed by atoms with E-state index in [4.69, 9.17) is 4.74 Å². The topological polar surface area (TPSA) is 33.3 Å². The fourth-order valence-corrected chi connectivity index (χ4v) is 2.84. The molecule has 0 bridgehead atoms. The van der Waals surface area contributed by atoms with Crippen molar-refractivity contribution in [3.8, 4) is 5.75 Å². The number of hydrogen-bond donors (Lipinski definition) is 2. The second-order valence-corrected chi connectivity index (χ2v) is 5.29. The molecule has 1 aromatic rings. The van der Waals surface area contributed by atoms with Gasteiger partial charge in [0.1, 0.15) is 5.75 Å². The first-order valence-electron chi connectivity index (χ1n) is 7.10. The van der Waals surface area contributed by atoms with E-state index in [1.807, 2.05) is 0 Å². The number of nitrogens with one attached hydrogen (secondary N) is 2. The van der Waals surface area contributed by atoms with Crippen molar-refractivity contribution in [3.05, 3.63) is 29.3 Å². The van der Waals surface area contributed by atoms with Crippen LogP contribution >= 0.6 is 0 Å². The fraction of sp³-hybridized carbons (Fsp3) is 0.600. The van der Waals surface area contributed by atoms with Crippen molar-refractivity contribution in [2.75, 3.05) is 26.2 Å². The van der Waals surface area contributed by atoms with Crippen molar-refractivity contribution in [2.45, 2.75) is 31.7 Å². The molecule has 18 heavy (non-hydrogen) atoms. The van der Waals surface area contributed by atoms with Crippen LogP contribution in [-0.2, 0) is 12.8 Å². The van der Waals surface area contributed by atoms with Gasteiger partial charge in [-0.1, -0.05) is 12.1 Å². The Morgan fingerprint density at radius 1 is 1.39 bits per heavy atom. The Balaban J connectivity index is 1.42. The monoisotopic (exact) mass is 246 g/mol. The van der Waals surface area contributed by atoms with Gasteiger partial charge in [-0.3, -0.25) is 0 Å². The van der Waals surface area contributed by atoms with Crippen LogP contribution in [0.5, 0.6) is 5.75 Å². The first-order valence-corrected chi connectivity index (χ1v) is 7.10. The van der Waals surface area contributed by atoms with Crippen molar-refractivity contribution in [1.82, 2.24) is 10.6 Å². The van der Waals surface area contributed by atoms with E-state index >= 15 is 0 Å². The lowest BCUT2D eigenvalue weighted by atomic mass is 10.1. The first kappa shape index (κ1) is 12.0. The molecule has 0 amide bonds. The molecule has 2 heterocycles. The molecule has 2 aliphatic heterocycles. The maximum atomic E-state index is 5.52. The molecular formula is C15H22N2O. The maximum absolute atomic E-state index is 5.52. The number of rotatable bonds is 5. The molecular weight excluding hydrogens is 224 g/mol. The summed E-state index contributed by atoms with van der Waals surface area (Å²) >= 11 is 0. The fourth-order valence-electron chi connectivity index (χ4n) is 2.84. The maximum Gasteiger partial charge on any atom is 0.122 e. The predicted molar refractivity (Wildman–Crippen MR) is 73.2 cm³/mol. The third kappa shape index (κ3) is 2.85. The highest BCUT2D eigenvalue weighted by Crippen LogP contribution is 2.25. The third-order valence-electron chi connectivity index (χ3n) is 3.90. The van der Waals surface area contributed by atoms with Crippen LogP contribution in [0.3, 0.4) is 0 Å². The van der Waals surface area contributed by atoms with E-state index in [0.717, 1.165) is 38.3 Å². The molecule has 1 unspecified atom stereocenters. The van der Waals surface area contributed by atoms with Gasteiger partial charge in [-0.25, -0.2) is 0 Å². The van der Waals surface area contributed by atoms with Crippen molar-refractivity contribution in [1.29, 1.82) is 0 Å². The Kier molecular flexibility index (Phi) is 3.81. The van der Waals surface area contributed by atoms with Gasteiger partial charge in [0.15, 0.2) is 0 Å². The smallest absolute Gasteiger partial charge is 0.122 e. The Hall–Kier alpha value is -1.06. The Labute approximate surface area is 109 Å². The van der Waals surface area contributed by atoms with Gasteiger partial charge in [-0.2, -0.15) is 0 Å². The summed E-state index contributed by atoms with van der Waals surface area (Å²) in [6.45, 7) is 4.22. The van der Waals surface area contributed by atoms with Crippen LogP contribution in [0.2, 0.25) is 0 Å². The van der Waals surface area contributed by atoms with Crippen LogP contribution in [0.25, 0.3) is 0 Å². The molecule has 0 spiro atoms. The van der Waals surface area contributed by atoms with E-state index in [-0.39, 0.29) is 0 Å². The SMILES string of the molecule is c1cc2c(cc1CCNCC1CCCN1)CCO2. The van der Waals surface area contributed by atoms with Crippen molar-refractivity contribution in [2.24, 2.45) is 0 Å². The number of benzene rings is 1. The van der Waals surface area contributed by atoms with Crippen LogP contribution in [0.1, 0.15) is 24.0 Å². The van der Waals surface area contributed by atoms with Gasteiger partial charge in [-0.05, 0) is 49.5 Å². The minimum atomic E-state index is 0.693. The summed E-state index contributed by atoms with van der Waals surface area (Å²) in [6, 6.07) is 7.31. The average Bonchev–Trinajstić information content (AvgIpc) is 3.05. The van der Waals surface area contributed by atoms with E-state index < -0.39 is 0 Å². The minimum absolute atomic E-state index is 0.693. The van der Waals surface area contributed by atoms with Crippen LogP contribution in [0.4, 0.5) is 0 Å². The van der Waals surface area contributed by atoms with Gasteiger partial charge in [0.05, 0.1) is 6.61 Å². The Morgan fingerprint density at radius 2 is 2.39 bits per heavy atom. The molecule has 98 valence electrons. The van der Waals surface area contributed by atoms with Gasteiger partial charge in [-0.15, -0.1) is 0 Å². The molecule has 1 atom stereocenters. The third-order valence-corrected chi connectivity index (χ3v) is 3.90. The lowest BCUT2D eigenvalue weighted by Gasteiger charge is -2.11. The van der Waals surface area contributed by atoms with Crippen molar-refractivity contribution < 1.29 is 4.74 Å². The van der Waals surface area contributed by atoms with Gasteiger partial charge in [0.2, 0.25) is 0 Å². The highest BCUT2D eigenvalue weighted by molar-refractivity contribution is 5.39. The van der Waals surface area contributed by atoms with E-state index in [1.54, 1.807) is 0 Å². The molecule has 2 aliphatic rings. The zero-order valence-electron chi connectivity index (χ0n) is 10.9. The quantitative estimate of drug-likeness (QED) is 0.773. The van der Waals surface area contributed by atoms with Crippen LogP contribution in [0, 0.1) is 0 Å². The molecule has 1 saturated heterocycles. The number of fused-ring (bicyclic) bond motifs is 1. The van der Waals surface area contributed by atoms with E-state index in [2.05, 4.69) is 28.8 Å². The number of ether oxygens (including phenoxy) is 1. The largest absolute Gasteiger partial charge is 0.493 e. The van der Waals surface area contributed by atoms with Crippen LogP contribution in [-0.4, -0.2) is 32.3 Å². The second kappa shape index (κ2) is 5.72. The predicted octanol–water partition coefficient (Wildman–Crippen LogP) is 1.51. The average molecular weight is 246 g/mol. The first-order chi connectivity index (χ1) is 8.92. The van der Waals surface area contributed by atoms with Crippen LogP contribution in [0.15, 0.2) is 18.2 Å². The summed E-state index contributed by atoms with van der Waals surface area (Å²) < 4.78 is 5.52. The minimum Gasteiger partial charge on any atom is -0.493 e. The van der Waals surface area contributed by atoms with Gasteiger partial charge in [0, 0.05) is 19.0 Å². The van der Waals surface area contributed by atoms with Gasteiger partial charge < -0.3 is 15.4 Å². The Morgan fingerprint density at radius 3 is 3.28 bits per heavy atom. The summed E-state index contributed by atoms with van der Waals surface area (Å²) in [4.78, 5) is 0. The molecule has 3 nitrogen and oxygen atoms in total. The van der Waals surface area contributed by atoms with Gasteiger partial charge in [0.25, 0.3) is 0 Å². The molecule has 3 rings (SSSR count). The standard InChI is InChI=1S/C15H22N2O/c1-2-14(17-7-1)11-16-8-5-12-3-4-15-13(10-12)6-9-18-15/h3-4,10,14,16-17H,1-2,5-9,11H2. The summed E-state index contributed by atoms with van der Waals surface area (Å²) in [7, 11) is 0. The normalized spacial score (nSPS) is 21.9. The molecule has 0 aliphatic carbocycles. The molecule has 0 aromatic heterocycles. The van der Waals surface area contributed by atoms with Gasteiger partial charge >= 0.3 is 0 Å². The highest BCUT2D eigenvalue weighted by Gasteiger charge is 2.13. The zero-order valence-corrected chi connectivity index (χ0v) is 10.9. The lowest BCUT2D eigenvalue weighted by Crippen LogP contribution is -2.34. The summed E-state index contributed by atoms with van der Waals surface area (Å²) in [5, 5.41) is 7.06. The molecule has 1 aromatic carbocycles. The lowest BCUT2D eigenvalue weighted by molar-refractivity contribution is 0.357. The number of hydrogen-bond acceptors (Lipinski definition) is 3. The summed E-state index contributed by atoms with van der Waals surface area (Å²) in [5.41, 5.74) is 2.80. The molecule has 1 fully saturated rings. The summed E-state index contributed by atoms with van der Waals surface area (Å²) in [6.07, 6.45) is 4.84. The molecule has 0 radical (unpaired) electrons.